The van der Waals surface area contributed by atoms with Gasteiger partial charge in [0.1, 0.15) is 5.82 Å². The number of rotatable bonds is 4. The van der Waals surface area contributed by atoms with Crippen LogP contribution in [0.3, 0.4) is 0 Å². The Kier molecular flexibility index (Phi) is 2.72. The molecule has 1 aromatic carbocycles. The molecule has 3 aromatic rings. The van der Waals surface area contributed by atoms with Crippen molar-refractivity contribution in [1.82, 2.24) is 19.7 Å². The maximum atomic E-state index is 4.34. The Morgan fingerprint density at radius 3 is 3.22 bits per heavy atom. The lowest BCUT2D eigenvalue weighted by Gasteiger charge is -2.07. The number of nitrogens with one attached hydrogen (secondary N) is 2. The van der Waals surface area contributed by atoms with E-state index >= 15 is 0 Å². The fraction of sp³-hybridized carbons (Fsp3) is 0.231. The zero-order valence-electron chi connectivity index (χ0n) is 10.2. The minimum absolute atomic E-state index is 0.726. The Morgan fingerprint density at radius 1 is 1.39 bits per heavy atom. The van der Waals surface area contributed by atoms with Crippen molar-refractivity contribution in [1.29, 1.82) is 0 Å². The van der Waals surface area contributed by atoms with Crippen LogP contribution >= 0.6 is 0 Å². The molecule has 0 saturated heterocycles. The lowest BCUT2D eigenvalue weighted by molar-refractivity contribution is 0.708. The molecule has 0 aliphatic rings. The summed E-state index contributed by atoms with van der Waals surface area (Å²) in [6, 6.07) is 6.15. The minimum Gasteiger partial charge on any atom is -0.378 e. The SMILES string of the molecule is CCn1ccnc1CNc1ccc2[nH]ncc2c1. The molecule has 2 aromatic heterocycles. The number of aryl methyl sites for hydroxylation is 1. The topological polar surface area (TPSA) is 58.5 Å². The number of fused-ring (bicyclic) bond motifs is 1. The summed E-state index contributed by atoms with van der Waals surface area (Å²) in [5, 5.41) is 11.4. The zero-order valence-corrected chi connectivity index (χ0v) is 10.2. The smallest absolute Gasteiger partial charge is 0.128 e. The van der Waals surface area contributed by atoms with Crippen LogP contribution in [-0.2, 0) is 13.1 Å². The molecular formula is C13H15N5. The number of hydrogen-bond acceptors (Lipinski definition) is 3. The van der Waals surface area contributed by atoms with Crippen LogP contribution in [0, 0.1) is 0 Å². The highest BCUT2D eigenvalue weighted by molar-refractivity contribution is 5.81. The van der Waals surface area contributed by atoms with E-state index < -0.39 is 0 Å². The summed E-state index contributed by atoms with van der Waals surface area (Å²) in [6.07, 6.45) is 5.66. The minimum atomic E-state index is 0.726. The molecular weight excluding hydrogens is 226 g/mol. The first-order valence-electron chi connectivity index (χ1n) is 6.04. The molecule has 0 spiro atoms. The summed E-state index contributed by atoms with van der Waals surface area (Å²) in [7, 11) is 0. The average Bonchev–Trinajstić information content (AvgIpc) is 3.04. The number of imidazole rings is 1. The van der Waals surface area contributed by atoms with Gasteiger partial charge in [0.05, 0.1) is 18.3 Å². The summed E-state index contributed by atoms with van der Waals surface area (Å²) < 4.78 is 2.13. The van der Waals surface area contributed by atoms with Crippen LogP contribution in [0.25, 0.3) is 10.9 Å². The summed E-state index contributed by atoms with van der Waals surface area (Å²) in [6.45, 7) is 3.78. The van der Waals surface area contributed by atoms with Crippen LogP contribution in [0.5, 0.6) is 0 Å². The van der Waals surface area contributed by atoms with Crippen LogP contribution in [0.2, 0.25) is 0 Å². The molecule has 0 amide bonds. The number of H-pyrrole nitrogens is 1. The van der Waals surface area contributed by atoms with Crippen molar-refractivity contribution in [2.75, 3.05) is 5.32 Å². The van der Waals surface area contributed by atoms with Crippen molar-refractivity contribution in [3.8, 4) is 0 Å². The van der Waals surface area contributed by atoms with Crippen molar-refractivity contribution in [2.45, 2.75) is 20.0 Å². The van der Waals surface area contributed by atoms with Crippen LogP contribution < -0.4 is 5.32 Å². The summed E-state index contributed by atoms with van der Waals surface area (Å²) in [5.41, 5.74) is 2.13. The second-order valence-corrected chi connectivity index (χ2v) is 4.16. The quantitative estimate of drug-likeness (QED) is 0.737. The van der Waals surface area contributed by atoms with Crippen LogP contribution in [-0.4, -0.2) is 19.7 Å². The van der Waals surface area contributed by atoms with Gasteiger partial charge in [0.25, 0.3) is 0 Å². The third kappa shape index (κ3) is 1.95. The van der Waals surface area contributed by atoms with E-state index in [0.717, 1.165) is 35.5 Å². The van der Waals surface area contributed by atoms with E-state index in [4.69, 9.17) is 0 Å². The van der Waals surface area contributed by atoms with Crippen LogP contribution in [0.15, 0.2) is 36.8 Å². The van der Waals surface area contributed by atoms with Crippen LogP contribution in [0.1, 0.15) is 12.7 Å². The Balaban J connectivity index is 1.76. The molecule has 2 heterocycles. The summed E-state index contributed by atoms with van der Waals surface area (Å²) in [4.78, 5) is 4.34. The van der Waals surface area contributed by atoms with Gasteiger partial charge in [0.2, 0.25) is 0 Å². The second-order valence-electron chi connectivity index (χ2n) is 4.16. The third-order valence-corrected chi connectivity index (χ3v) is 3.03. The molecule has 5 heteroatoms. The first-order chi connectivity index (χ1) is 8.86. The van der Waals surface area contributed by atoms with Gasteiger partial charge in [-0.05, 0) is 25.1 Å². The highest BCUT2D eigenvalue weighted by Crippen LogP contribution is 2.17. The largest absolute Gasteiger partial charge is 0.378 e. The van der Waals surface area contributed by atoms with Gasteiger partial charge in [0.15, 0.2) is 0 Å². The van der Waals surface area contributed by atoms with E-state index in [2.05, 4.69) is 38.1 Å². The molecule has 5 nitrogen and oxygen atoms in total. The van der Waals surface area contributed by atoms with Crippen molar-refractivity contribution in [2.24, 2.45) is 0 Å². The number of hydrogen-bond donors (Lipinski definition) is 2. The molecule has 0 bridgehead atoms. The van der Waals surface area contributed by atoms with Gasteiger partial charge in [-0.25, -0.2) is 4.98 Å². The maximum Gasteiger partial charge on any atom is 0.128 e. The van der Waals surface area contributed by atoms with Crippen molar-refractivity contribution < 1.29 is 0 Å². The maximum absolute atomic E-state index is 4.34. The molecule has 92 valence electrons. The summed E-state index contributed by atoms with van der Waals surface area (Å²) >= 11 is 0. The van der Waals surface area contributed by atoms with E-state index in [0.29, 0.717) is 0 Å². The van der Waals surface area contributed by atoms with Crippen molar-refractivity contribution in [3.63, 3.8) is 0 Å². The Hall–Kier alpha value is -2.30. The van der Waals surface area contributed by atoms with E-state index in [1.54, 1.807) is 0 Å². The van der Waals surface area contributed by atoms with E-state index in [-0.39, 0.29) is 0 Å². The average molecular weight is 241 g/mol. The molecule has 0 aliphatic heterocycles. The van der Waals surface area contributed by atoms with Gasteiger partial charge in [-0.3, -0.25) is 5.10 Å². The van der Waals surface area contributed by atoms with Gasteiger partial charge in [-0.15, -0.1) is 0 Å². The van der Waals surface area contributed by atoms with Gasteiger partial charge >= 0.3 is 0 Å². The molecule has 0 radical (unpaired) electrons. The van der Waals surface area contributed by atoms with Gasteiger partial charge < -0.3 is 9.88 Å². The fourth-order valence-electron chi connectivity index (χ4n) is 2.03. The second kappa shape index (κ2) is 4.52. The number of nitrogens with zero attached hydrogens (tertiary/aromatic N) is 3. The first-order valence-corrected chi connectivity index (χ1v) is 6.04. The molecule has 0 fully saturated rings. The Bertz CT molecular complexity index is 652. The predicted molar refractivity (Wildman–Crippen MR) is 71.3 cm³/mol. The van der Waals surface area contributed by atoms with Crippen LogP contribution in [0.4, 0.5) is 5.69 Å². The Labute approximate surface area is 105 Å². The third-order valence-electron chi connectivity index (χ3n) is 3.03. The normalized spacial score (nSPS) is 10.9. The number of aromatic amines is 1. The van der Waals surface area contributed by atoms with E-state index in [1.165, 1.54) is 0 Å². The molecule has 2 N–H and O–H groups in total. The molecule has 3 rings (SSSR count). The lowest BCUT2D eigenvalue weighted by atomic mass is 10.2. The monoisotopic (exact) mass is 241 g/mol. The molecule has 0 saturated carbocycles. The van der Waals surface area contributed by atoms with Gasteiger partial charge in [-0.2, -0.15) is 5.10 Å². The number of aromatic nitrogens is 4. The van der Waals surface area contributed by atoms with E-state index in [9.17, 15) is 0 Å². The summed E-state index contributed by atoms with van der Waals surface area (Å²) in [5.74, 6) is 1.05. The fourth-order valence-corrected chi connectivity index (χ4v) is 2.03. The highest BCUT2D eigenvalue weighted by Gasteiger charge is 2.02. The van der Waals surface area contributed by atoms with Gasteiger partial charge in [0, 0.05) is 30.0 Å². The zero-order chi connectivity index (χ0) is 12.4. The molecule has 0 aliphatic carbocycles. The molecule has 18 heavy (non-hydrogen) atoms. The highest BCUT2D eigenvalue weighted by atomic mass is 15.1. The lowest BCUT2D eigenvalue weighted by Crippen LogP contribution is -2.07. The molecule has 0 unspecified atom stereocenters. The van der Waals surface area contributed by atoms with Gasteiger partial charge in [-0.1, -0.05) is 0 Å². The first kappa shape index (κ1) is 10.8. The Morgan fingerprint density at radius 2 is 2.33 bits per heavy atom. The van der Waals surface area contributed by atoms with Crippen molar-refractivity contribution >= 4 is 16.6 Å². The van der Waals surface area contributed by atoms with Crippen molar-refractivity contribution in [3.05, 3.63) is 42.6 Å². The number of anilines is 1. The molecule has 0 atom stereocenters. The predicted octanol–water partition coefficient (Wildman–Crippen LogP) is 2.39. The van der Waals surface area contributed by atoms with E-state index in [1.807, 2.05) is 30.7 Å². The standard InChI is InChI=1S/C13H15N5/c1-2-18-6-5-14-13(18)9-15-11-3-4-12-10(7-11)8-16-17-12/h3-8,15H,2,9H2,1H3,(H,16,17). The number of benzene rings is 1.